The molecule has 1 aliphatic heterocycles. The van der Waals surface area contributed by atoms with Gasteiger partial charge in [-0.05, 0) is 48.5 Å². The minimum atomic E-state index is -4.32. The molecule has 1 aliphatic rings. The molecule has 3 aromatic rings. The van der Waals surface area contributed by atoms with Gasteiger partial charge in [0.15, 0.2) is 0 Å². The Kier molecular flexibility index (Phi) is 5.27. The summed E-state index contributed by atoms with van der Waals surface area (Å²) in [5.74, 6) is -0.283. The first-order chi connectivity index (χ1) is 13.9. The fourth-order valence-corrected chi connectivity index (χ4v) is 3.56. The van der Waals surface area contributed by atoms with E-state index in [4.69, 9.17) is 0 Å². The third-order valence-corrected chi connectivity index (χ3v) is 5.18. The third kappa shape index (κ3) is 4.42. The molecular weight excluding hydrogens is 384 g/mol. The maximum atomic E-state index is 13.2. The van der Waals surface area contributed by atoms with E-state index in [0.717, 1.165) is 60.8 Å². The van der Waals surface area contributed by atoms with E-state index in [0.29, 0.717) is 6.54 Å². The highest BCUT2D eigenvalue weighted by Gasteiger charge is 2.30. The maximum absolute atomic E-state index is 13.2. The summed E-state index contributed by atoms with van der Waals surface area (Å²) in [6.45, 7) is 3.73. The van der Waals surface area contributed by atoms with Gasteiger partial charge in [-0.25, -0.2) is 4.39 Å². The van der Waals surface area contributed by atoms with Crippen LogP contribution in [0.3, 0.4) is 0 Å². The minimum Gasteiger partial charge on any atom is -0.369 e. The number of aromatic nitrogens is 2. The standard InChI is InChI=1S/C21H20F4N4/c22-18-5-1-15(2-6-18)20-16(13-26-27-20)14-28-9-11-29(12-10-28)19-7-3-17(4-8-19)21(23,24)25/h1-8,13H,9-12,14H2,(H,26,27). The van der Waals surface area contributed by atoms with Gasteiger partial charge in [-0.2, -0.15) is 18.3 Å². The Balaban J connectivity index is 1.37. The predicted octanol–water partition coefficient (Wildman–Crippen LogP) is 4.56. The Morgan fingerprint density at radius 1 is 0.897 bits per heavy atom. The molecule has 2 heterocycles. The molecule has 8 heteroatoms. The van der Waals surface area contributed by atoms with Crippen LogP contribution in [-0.4, -0.2) is 41.3 Å². The second kappa shape index (κ2) is 7.87. The zero-order valence-electron chi connectivity index (χ0n) is 15.6. The van der Waals surface area contributed by atoms with Crippen molar-refractivity contribution in [2.24, 2.45) is 0 Å². The topological polar surface area (TPSA) is 35.2 Å². The maximum Gasteiger partial charge on any atom is 0.416 e. The van der Waals surface area contributed by atoms with E-state index in [-0.39, 0.29) is 5.82 Å². The van der Waals surface area contributed by atoms with Crippen molar-refractivity contribution in [3.8, 4) is 11.3 Å². The molecule has 0 spiro atoms. The van der Waals surface area contributed by atoms with Gasteiger partial charge in [0, 0.05) is 49.5 Å². The van der Waals surface area contributed by atoms with Crippen LogP contribution in [0.15, 0.2) is 54.7 Å². The first-order valence-electron chi connectivity index (χ1n) is 9.33. The van der Waals surface area contributed by atoms with Crippen molar-refractivity contribution >= 4 is 5.69 Å². The summed E-state index contributed by atoms with van der Waals surface area (Å²) in [6.07, 6.45) is -2.54. The van der Waals surface area contributed by atoms with Gasteiger partial charge in [-0.1, -0.05) is 0 Å². The molecule has 0 atom stereocenters. The smallest absolute Gasteiger partial charge is 0.369 e. The minimum absolute atomic E-state index is 0.283. The quantitative estimate of drug-likeness (QED) is 0.648. The molecule has 152 valence electrons. The van der Waals surface area contributed by atoms with Crippen LogP contribution < -0.4 is 4.90 Å². The van der Waals surface area contributed by atoms with Gasteiger partial charge < -0.3 is 4.90 Å². The van der Waals surface area contributed by atoms with Crippen LogP contribution in [0.2, 0.25) is 0 Å². The van der Waals surface area contributed by atoms with E-state index in [1.807, 2.05) is 0 Å². The first kappa shape index (κ1) is 19.4. The number of rotatable bonds is 4. The average molecular weight is 404 g/mol. The SMILES string of the molecule is Fc1ccc(-c2[nH]ncc2CN2CCN(c3ccc(C(F)(F)F)cc3)CC2)cc1. The molecule has 0 bridgehead atoms. The second-order valence-electron chi connectivity index (χ2n) is 7.08. The highest BCUT2D eigenvalue weighted by Crippen LogP contribution is 2.31. The molecule has 4 nitrogen and oxygen atoms in total. The van der Waals surface area contributed by atoms with E-state index in [1.165, 1.54) is 24.3 Å². The van der Waals surface area contributed by atoms with E-state index in [1.54, 1.807) is 18.3 Å². The lowest BCUT2D eigenvalue weighted by molar-refractivity contribution is -0.137. The average Bonchev–Trinajstić information content (AvgIpc) is 3.17. The highest BCUT2D eigenvalue weighted by atomic mass is 19.4. The fraction of sp³-hybridized carbons (Fsp3) is 0.286. The molecule has 29 heavy (non-hydrogen) atoms. The number of nitrogens with zero attached hydrogens (tertiary/aromatic N) is 3. The first-order valence-corrected chi connectivity index (χ1v) is 9.33. The van der Waals surface area contributed by atoms with Crippen molar-refractivity contribution in [3.63, 3.8) is 0 Å². The second-order valence-corrected chi connectivity index (χ2v) is 7.08. The largest absolute Gasteiger partial charge is 0.416 e. The van der Waals surface area contributed by atoms with Gasteiger partial charge in [0.2, 0.25) is 0 Å². The monoisotopic (exact) mass is 404 g/mol. The van der Waals surface area contributed by atoms with Crippen LogP contribution >= 0.6 is 0 Å². The van der Waals surface area contributed by atoms with Crippen molar-refractivity contribution in [1.82, 2.24) is 15.1 Å². The van der Waals surface area contributed by atoms with Crippen LogP contribution in [0.1, 0.15) is 11.1 Å². The van der Waals surface area contributed by atoms with Gasteiger partial charge in [0.1, 0.15) is 5.82 Å². The number of anilines is 1. The van der Waals surface area contributed by atoms with Crippen LogP contribution in [0.4, 0.5) is 23.2 Å². The molecule has 4 rings (SSSR count). The van der Waals surface area contributed by atoms with Gasteiger partial charge in [-0.3, -0.25) is 10.00 Å². The summed E-state index contributed by atoms with van der Waals surface area (Å²) in [4.78, 5) is 4.37. The molecule has 2 aromatic carbocycles. The molecule has 0 aliphatic carbocycles. The summed E-state index contributed by atoms with van der Waals surface area (Å²) in [5, 5.41) is 7.11. The number of hydrogen-bond acceptors (Lipinski definition) is 3. The number of halogens is 4. The van der Waals surface area contributed by atoms with Crippen LogP contribution in [-0.2, 0) is 12.7 Å². The van der Waals surface area contributed by atoms with Crippen molar-refractivity contribution in [2.45, 2.75) is 12.7 Å². The van der Waals surface area contributed by atoms with Crippen molar-refractivity contribution in [3.05, 3.63) is 71.7 Å². The Hall–Kier alpha value is -2.87. The van der Waals surface area contributed by atoms with Gasteiger partial charge in [0.25, 0.3) is 0 Å². The van der Waals surface area contributed by atoms with E-state index in [9.17, 15) is 17.6 Å². The third-order valence-electron chi connectivity index (χ3n) is 5.18. The van der Waals surface area contributed by atoms with Gasteiger partial charge in [0.05, 0.1) is 17.5 Å². The fourth-order valence-electron chi connectivity index (χ4n) is 3.56. The zero-order chi connectivity index (χ0) is 20.4. The molecular formula is C21H20F4N4. The van der Waals surface area contributed by atoms with Crippen LogP contribution in [0.5, 0.6) is 0 Å². The lowest BCUT2D eigenvalue weighted by Gasteiger charge is -2.36. The van der Waals surface area contributed by atoms with Crippen LogP contribution in [0.25, 0.3) is 11.3 Å². The predicted molar refractivity (Wildman–Crippen MR) is 103 cm³/mol. The molecule has 1 N–H and O–H groups in total. The summed E-state index contributed by atoms with van der Waals surface area (Å²) < 4.78 is 51.3. The molecule has 1 aromatic heterocycles. The molecule has 1 saturated heterocycles. The summed E-state index contributed by atoms with van der Waals surface area (Å²) in [6, 6.07) is 11.6. The Labute approximate surface area is 165 Å². The number of nitrogens with one attached hydrogen (secondary N) is 1. The summed E-state index contributed by atoms with van der Waals surface area (Å²) >= 11 is 0. The molecule has 0 amide bonds. The van der Waals surface area contributed by atoms with Gasteiger partial charge in [-0.15, -0.1) is 0 Å². The number of piperazine rings is 1. The number of aromatic amines is 1. The molecule has 0 saturated carbocycles. The van der Waals surface area contributed by atoms with Crippen LogP contribution in [0, 0.1) is 5.82 Å². The summed E-state index contributed by atoms with van der Waals surface area (Å²) in [5.41, 5.74) is 2.94. The Morgan fingerprint density at radius 3 is 2.17 bits per heavy atom. The lowest BCUT2D eigenvalue weighted by atomic mass is 10.1. The van der Waals surface area contributed by atoms with E-state index >= 15 is 0 Å². The van der Waals surface area contributed by atoms with Crippen molar-refractivity contribution in [1.29, 1.82) is 0 Å². The number of alkyl halides is 3. The zero-order valence-corrected chi connectivity index (χ0v) is 15.6. The highest BCUT2D eigenvalue weighted by molar-refractivity contribution is 5.62. The van der Waals surface area contributed by atoms with E-state index < -0.39 is 11.7 Å². The Morgan fingerprint density at radius 2 is 1.55 bits per heavy atom. The normalized spacial score (nSPS) is 15.7. The number of benzene rings is 2. The van der Waals surface area contributed by atoms with Crippen molar-refractivity contribution < 1.29 is 17.6 Å². The molecule has 1 fully saturated rings. The number of hydrogen-bond donors (Lipinski definition) is 1. The van der Waals surface area contributed by atoms with Crippen molar-refractivity contribution in [2.75, 3.05) is 31.1 Å². The number of H-pyrrole nitrogens is 1. The Bertz CT molecular complexity index is 940. The molecule has 0 unspecified atom stereocenters. The van der Waals surface area contributed by atoms with Gasteiger partial charge >= 0.3 is 6.18 Å². The molecule has 0 radical (unpaired) electrons. The van der Waals surface area contributed by atoms with E-state index in [2.05, 4.69) is 20.0 Å². The summed E-state index contributed by atoms with van der Waals surface area (Å²) in [7, 11) is 0. The lowest BCUT2D eigenvalue weighted by Crippen LogP contribution is -2.46.